The van der Waals surface area contributed by atoms with Crippen LogP contribution in [0.4, 0.5) is 0 Å². The summed E-state index contributed by atoms with van der Waals surface area (Å²) in [7, 11) is 0. The maximum absolute atomic E-state index is 12.4. The average Bonchev–Trinajstić information content (AvgIpc) is 2.51. The number of rotatable bonds is 3. The molecule has 1 aromatic carbocycles. The molecule has 0 saturated carbocycles. The minimum atomic E-state index is -0.0122. The predicted molar refractivity (Wildman–Crippen MR) is 87.4 cm³/mol. The zero-order chi connectivity index (χ0) is 14.8. The molecule has 21 heavy (non-hydrogen) atoms. The van der Waals surface area contributed by atoms with E-state index in [9.17, 15) is 4.79 Å². The summed E-state index contributed by atoms with van der Waals surface area (Å²) < 4.78 is 1.67. The number of hydrogen-bond acceptors (Lipinski definition) is 3. The summed E-state index contributed by atoms with van der Waals surface area (Å²) in [6.45, 7) is 0.460. The van der Waals surface area contributed by atoms with Crippen LogP contribution >= 0.6 is 12.2 Å². The molecule has 3 aromatic rings. The Balaban J connectivity index is 2.02. The van der Waals surface area contributed by atoms with Crippen molar-refractivity contribution in [1.29, 1.82) is 0 Å². The zero-order valence-electron chi connectivity index (χ0n) is 11.2. The van der Waals surface area contributed by atoms with Crippen molar-refractivity contribution >= 4 is 28.0 Å². The van der Waals surface area contributed by atoms with Crippen molar-refractivity contribution in [1.82, 2.24) is 9.55 Å². The normalized spacial score (nSPS) is 10.7. The van der Waals surface area contributed by atoms with Crippen molar-refractivity contribution < 1.29 is 0 Å². The molecule has 3 rings (SSSR count). The first-order chi connectivity index (χ1) is 10.1. The molecule has 2 heterocycles. The molecule has 0 saturated heterocycles. The summed E-state index contributed by atoms with van der Waals surface area (Å²) in [6.07, 6.45) is 3.45. The molecule has 4 nitrogen and oxygen atoms in total. The SMILES string of the molecule is NC(=S)c1cc(Cn2ccc3ccccc3c2=O)ccn1. The monoisotopic (exact) mass is 295 g/mol. The smallest absolute Gasteiger partial charge is 0.258 e. The highest BCUT2D eigenvalue weighted by Gasteiger charge is 2.04. The molecule has 0 bridgehead atoms. The van der Waals surface area contributed by atoms with Crippen LogP contribution in [-0.4, -0.2) is 14.5 Å². The van der Waals surface area contributed by atoms with Gasteiger partial charge in [-0.3, -0.25) is 9.78 Å². The number of aromatic nitrogens is 2. The average molecular weight is 295 g/mol. The number of nitrogens with zero attached hydrogens (tertiary/aromatic N) is 2. The Bertz CT molecular complexity index is 886. The molecule has 0 aliphatic carbocycles. The van der Waals surface area contributed by atoms with Gasteiger partial charge in [-0.2, -0.15) is 0 Å². The molecular formula is C16H13N3OS. The fourth-order valence-corrected chi connectivity index (χ4v) is 2.37. The van der Waals surface area contributed by atoms with Crippen LogP contribution in [0.5, 0.6) is 0 Å². The van der Waals surface area contributed by atoms with Crippen LogP contribution < -0.4 is 11.3 Å². The molecule has 2 N–H and O–H groups in total. The van der Waals surface area contributed by atoms with Gasteiger partial charge in [0.1, 0.15) is 4.99 Å². The van der Waals surface area contributed by atoms with Crippen molar-refractivity contribution in [3.8, 4) is 0 Å². The number of fused-ring (bicyclic) bond motifs is 1. The van der Waals surface area contributed by atoms with Gasteiger partial charge in [0.15, 0.2) is 0 Å². The van der Waals surface area contributed by atoms with Gasteiger partial charge in [-0.05, 0) is 35.2 Å². The van der Waals surface area contributed by atoms with Crippen LogP contribution in [0, 0.1) is 0 Å². The molecule has 0 amide bonds. The lowest BCUT2D eigenvalue weighted by atomic mass is 10.1. The molecule has 5 heteroatoms. The summed E-state index contributed by atoms with van der Waals surface area (Å²) in [5.74, 6) is 0. The fraction of sp³-hybridized carbons (Fsp3) is 0.0625. The molecule has 2 aromatic heterocycles. The number of thiocarbonyl (C=S) groups is 1. The van der Waals surface area contributed by atoms with Gasteiger partial charge in [0.25, 0.3) is 5.56 Å². The van der Waals surface area contributed by atoms with Crippen LogP contribution in [0.15, 0.2) is 59.7 Å². The molecule has 0 radical (unpaired) electrons. The predicted octanol–water partition coefficient (Wildman–Crippen LogP) is 2.08. The lowest BCUT2D eigenvalue weighted by Crippen LogP contribution is -2.20. The van der Waals surface area contributed by atoms with E-state index in [1.165, 1.54) is 0 Å². The Kier molecular flexibility index (Phi) is 3.50. The molecular weight excluding hydrogens is 282 g/mol. The molecule has 0 fully saturated rings. The van der Waals surface area contributed by atoms with E-state index >= 15 is 0 Å². The standard InChI is InChI=1S/C16H13N3OS/c17-15(21)14-9-11(5-7-18-14)10-19-8-6-12-3-1-2-4-13(12)16(19)20/h1-9H,10H2,(H2,17,21). The Morgan fingerprint density at radius 2 is 2.05 bits per heavy atom. The summed E-state index contributed by atoms with van der Waals surface area (Å²) in [4.78, 5) is 16.8. The summed E-state index contributed by atoms with van der Waals surface area (Å²) >= 11 is 4.92. The van der Waals surface area contributed by atoms with Crippen LogP contribution in [0.2, 0.25) is 0 Å². The van der Waals surface area contributed by atoms with Gasteiger partial charge >= 0.3 is 0 Å². The third-order valence-electron chi connectivity index (χ3n) is 3.32. The summed E-state index contributed by atoms with van der Waals surface area (Å²) in [6, 6.07) is 13.1. The largest absolute Gasteiger partial charge is 0.388 e. The van der Waals surface area contributed by atoms with Gasteiger partial charge in [-0.25, -0.2) is 0 Å². The Morgan fingerprint density at radius 3 is 2.86 bits per heavy atom. The van der Waals surface area contributed by atoms with Crippen LogP contribution in [0.3, 0.4) is 0 Å². The first kappa shape index (κ1) is 13.5. The second kappa shape index (κ2) is 5.46. The number of hydrogen-bond donors (Lipinski definition) is 1. The second-order valence-electron chi connectivity index (χ2n) is 4.75. The maximum Gasteiger partial charge on any atom is 0.258 e. The summed E-state index contributed by atoms with van der Waals surface area (Å²) in [5, 5.41) is 1.65. The summed E-state index contributed by atoms with van der Waals surface area (Å²) in [5.41, 5.74) is 7.07. The Hall–Kier alpha value is -2.53. The lowest BCUT2D eigenvalue weighted by Gasteiger charge is -2.08. The van der Waals surface area contributed by atoms with Crippen molar-refractivity contribution in [2.75, 3.05) is 0 Å². The van der Waals surface area contributed by atoms with Crippen molar-refractivity contribution in [2.24, 2.45) is 5.73 Å². The highest BCUT2D eigenvalue weighted by Crippen LogP contribution is 2.10. The van der Waals surface area contributed by atoms with Gasteiger partial charge < -0.3 is 10.3 Å². The van der Waals surface area contributed by atoms with E-state index in [2.05, 4.69) is 4.98 Å². The molecule has 0 aliphatic heterocycles. The van der Waals surface area contributed by atoms with E-state index in [0.717, 1.165) is 10.9 Å². The van der Waals surface area contributed by atoms with Crippen LogP contribution in [-0.2, 0) is 6.54 Å². The molecule has 104 valence electrons. The van der Waals surface area contributed by atoms with Gasteiger partial charge in [0.2, 0.25) is 0 Å². The second-order valence-corrected chi connectivity index (χ2v) is 5.19. The van der Waals surface area contributed by atoms with Gasteiger partial charge in [-0.15, -0.1) is 0 Å². The highest BCUT2D eigenvalue weighted by molar-refractivity contribution is 7.80. The lowest BCUT2D eigenvalue weighted by molar-refractivity contribution is 0.766. The Morgan fingerprint density at radius 1 is 1.24 bits per heavy atom. The van der Waals surface area contributed by atoms with E-state index in [-0.39, 0.29) is 10.5 Å². The minimum absolute atomic E-state index is 0.0122. The minimum Gasteiger partial charge on any atom is -0.388 e. The van der Waals surface area contributed by atoms with Crippen LogP contribution in [0.1, 0.15) is 11.3 Å². The van der Waals surface area contributed by atoms with E-state index in [4.69, 9.17) is 18.0 Å². The first-order valence-electron chi connectivity index (χ1n) is 6.48. The third kappa shape index (κ3) is 2.68. The molecule has 0 atom stereocenters. The fourth-order valence-electron chi connectivity index (χ4n) is 2.26. The number of pyridine rings is 2. The molecule has 0 spiro atoms. The van der Waals surface area contributed by atoms with Gasteiger partial charge in [0, 0.05) is 17.8 Å². The Labute approximate surface area is 126 Å². The number of benzene rings is 1. The first-order valence-corrected chi connectivity index (χ1v) is 6.89. The van der Waals surface area contributed by atoms with E-state index in [1.807, 2.05) is 42.5 Å². The number of nitrogens with two attached hydrogens (primary N) is 1. The van der Waals surface area contributed by atoms with E-state index in [0.29, 0.717) is 17.6 Å². The molecule has 0 unspecified atom stereocenters. The topological polar surface area (TPSA) is 60.9 Å². The third-order valence-corrected chi connectivity index (χ3v) is 3.52. The van der Waals surface area contributed by atoms with Crippen molar-refractivity contribution in [2.45, 2.75) is 6.54 Å². The molecule has 0 aliphatic rings. The maximum atomic E-state index is 12.4. The zero-order valence-corrected chi connectivity index (χ0v) is 12.0. The van der Waals surface area contributed by atoms with E-state index < -0.39 is 0 Å². The highest BCUT2D eigenvalue weighted by atomic mass is 32.1. The quantitative estimate of drug-likeness (QED) is 0.752. The van der Waals surface area contributed by atoms with Crippen molar-refractivity contribution in [3.05, 3.63) is 76.5 Å². The van der Waals surface area contributed by atoms with Crippen LogP contribution in [0.25, 0.3) is 10.8 Å². The van der Waals surface area contributed by atoms with Gasteiger partial charge in [-0.1, -0.05) is 30.4 Å². The van der Waals surface area contributed by atoms with E-state index in [1.54, 1.807) is 17.0 Å². The van der Waals surface area contributed by atoms with Gasteiger partial charge in [0.05, 0.1) is 12.2 Å². The van der Waals surface area contributed by atoms with Crippen molar-refractivity contribution in [3.63, 3.8) is 0 Å².